The van der Waals surface area contributed by atoms with Crippen LogP contribution in [0.25, 0.3) is 21.9 Å². The van der Waals surface area contributed by atoms with Gasteiger partial charge in [0, 0.05) is 16.1 Å². The zero-order valence-corrected chi connectivity index (χ0v) is 19.6. The summed E-state index contributed by atoms with van der Waals surface area (Å²) in [7, 11) is 0. The molecule has 1 aliphatic heterocycles. The first kappa shape index (κ1) is 20.8. The number of aryl methyl sites for hydroxylation is 1. The minimum absolute atomic E-state index is 0.235. The maximum atomic E-state index is 13.6. The van der Waals surface area contributed by atoms with Crippen LogP contribution >= 0.6 is 22.9 Å². The second-order valence-corrected chi connectivity index (χ2v) is 9.50. The third kappa shape index (κ3) is 3.24. The Morgan fingerprint density at radius 2 is 1.76 bits per heavy atom. The summed E-state index contributed by atoms with van der Waals surface area (Å²) >= 11 is 7.54. The van der Waals surface area contributed by atoms with E-state index in [2.05, 4.69) is 10.1 Å². The molecule has 0 saturated heterocycles. The van der Waals surface area contributed by atoms with Gasteiger partial charge in [-0.1, -0.05) is 83.1 Å². The average Bonchev–Trinajstić information content (AvgIpc) is 3.47. The molecule has 0 unspecified atom stereocenters. The molecular formula is C26H17ClN4O2S. The number of nitrogens with zero attached hydrogens (tertiary/aromatic N) is 4. The fourth-order valence-electron chi connectivity index (χ4n) is 4.25. The average molecular weight is 485 g/mol. The van der Waals surface area contributed by atoms with Crippen molar-refractivity contribution in [3.63, 3.8) is 0 Å². The van der Waals surface area contributed by atoms with Crippen LogP contribution in [0, 0.1) is 6.92 Å². The third-order valence-corrected chi connectivity index (χ3v) is 7.27. The summed E-state index contributed by atoms with van der Waals surface area (Å²) in [6.07, 6.45) is 0. The minimum Gasteiger partial charge on any atom is -0.303 e. The fourth-order valence-corrected chi connectivity index (χ4v) is 5.44. The predicted molar refractivity (Wildman–Crippen MR) is 134 cm³/mol. The number of aromatic nitrogens is 3. The second kappa shape index (κ2) is 7.90. The Labute approximate surface area is 203 Å². The number of amides is 1. The van der Waals surface area contributed by atoms with Crippen molar-refractivity contribution in [1.82, 2.24) is 14.6 Å². The number of halogens is 1. The Kier molecular flexibility index (Phi) is 4.83. The van der Waals surface area contributed by atoms with E-state index in [0.717, 1.165) is 27.9 Å². The number of benzene rings is 3. The first-order chi connectivity index (χ1) is 16.5. The number of fused-ring (bicyclic) bond motifs is 2. The second-order valence-electron chi connectivity index (χ2n) is 8.11. The Morgan fingerprint density at radius 1 is 0.971 bits per heavy atom. The number of para-hydroxylation sites is 1. The highest BCUT2D eigenvalue weighted by atomic mass is 35.5. The van der Waals surface area contributed by atoms with E-state index in [1.807, 2.05) is 73.7 Å². The minimum atomic E-state index is -0.343. The fraction of sp³-hybridized carbons (Fsp3) is 0.0769. The zero-order valence-electron chi connectivity index (χ0n) is 18.0. The van der Waals surface area contributed by atoms with Crippen LogP contribution in [0.3, 0.4) is 0 Å². The quantitative estimate of drug-likeness (QED) is 0.384. The van der Waals surface area contributed by atoms with Crippen molar-refractivity contribution in [3.05, 3.63) is 109 Å². The van der Waals surface area contributed by atoms with Gasteiger partial charge < -0.3 is 4.90 Å². The van der Waals surface area contributed by atoms with Crippen LogP contribution < -0.4 is 15.0 Å². The summed E-state index contributed by atoms with van der Waals surface area (Å²) in [5.74, 6) is 0.253. The molecule has 0 fully saturated rings. The van der Waals surface area contributed by atoms with E-state index in [1.165, 1.54) is 15.9 Å². The molecule has 0 N–H and O–H groups in total. The van der Waals surface area contributed by atoms with Crippen molar-refractivity contribution in [3.8, 4) is 11.4 Å². The molecular weight excluding hydrogens is 468 g/mol. The molecule has 1 aliphatic rings. The topological polar surface area (TPSA) is 67.6 Å². The maximum Gasteiger partial charge on any atom is 0.291 e. The van der Waals surface area contributed by atoms with Crippen molar-refractivity contribution >= 4 is 45.1 Å². The first-order valence-electron chi connectivity index (χ1n) is 10.7. The SMILES string of the molecule is Cc1cccc(-c2nc3sc(=C4C(=O)N(Cc5ccccc5Cl)c5ccccc54)c(=O)n3n2)c1. The molecule has 0 saturated carbocycles. The van der Waals surface area contributed by atoms with Crippen LogP contribution in [-0.2, 0) is 11.3 Å². The van der Waals surface area contributed by atoms with E-state index in [-0.39, 0.29) is 11.5 Å². The maximum absolute atomic E-state index is 13.6. The van der Waals surface area contributed by atoms with Crippen LogP contribution in [0.2, 0.25) is 5.02 Å². The number of carbonyl (C=O) groups excluding carboxylic acids is 1. The molecule has 166 valence electrons. The summed E-state index contributed by atoms with van der Waals surface area (Å²) in [5.41, 5.74) is 4.27. The third-order valence-electron chi connectivity index (χ3n) is 5.87. The number of hydrogen-bond acceptors (Lipinski definition) is 5. The zero-order chi connectivity index (χ0) is 23.4. The summed E-state index contributed by atoms with van der Waals surface area (Å²) in [6, 6.07) is 22.7. The van der Waals surface area contributed by atoms with E-state index >= 15 is 0 Å². The molecule has 5 aromatic rings. The van der Waals surface area contributed by atoms with Crippen molar-refractivity contribution in [1.29, 1.82) is 0 Å². The van der Waals surface area contributed by atoms with Gasteiger partial charge >= 0.3 is 0 Å². The van der Waals surface area contributed by atoms with Gasteiger partial charge in [0.1, 0.15) is 4.53 Å². The molecule has 3 heterocycles. The van der Waals surface area contributed by atoms with E-state index in [9.17, 15) is 9.59 Å². The molecule has 1 amide bonds. The Morgan fingerprint density at radius 3 is 2.56 bits per heavy atom. The molecule has 34 heavy (non-hydrogen) atoms. The Bertz CT molecular complexity index is 1720. The van der Waals surface area contributed by atoms with Gasteiger partial charge in [-0.3, -0.25) is 9.59 Å². The van der Waals surface area contributed by atoms with E-state index < -0.39 is 0 Å². The van der Waals surface area contributed by atoms with Gasteiger partial charge in [0.25, 0.3) is 11.5 Å². The molecule has 8 heteroatoms. The van der Waals surface area contributed by atoms with E-state index in [4.69, 9.17) is 11.6 Å². The van der Waals surface area contributed by atoms with Gasteiger partial charge in [0.15, 0.2) is 5.82 Å². The molecule has 0 spiro atoms. The highest BCUT2D eigenvalue weighted by molar-refractivity contribution is 7.15. The van der Waals surface area contributed by atoms with Crippen LogP contribution in [0.4, 0.5) is 5.69 Å². The lowest BCUT2D eigenvalue weighted by atomic mass is 10.1. The molecule has 0 aliphatic carbocycles. The molecule has 6 nitrogen and oxygen atoms in total. The standard InChI is InChI=1S/C26H17ClN4O2S/c1-15-7-6-9-16(13-15)23-28-26-31(29-23)25(33)22(34-26)21-18-10-3-5-12-20(18)30(24(21)32)14-17-8-2-4-11-19(17)27/h2-13H,14H2,1H3. The smallest absolute Gasteiger partial charge is 0.291 e. The van der Waals surface area contributed by atoms with Crippen LogP contribution in [0.15, 0.2) is 77.6 Å². The highest BCUT2D eigenvalue weighted by Crippen LogP contribution is 2.37. The Balaban J connectivity index is 1.50. The molecule has 6 rings (SSSR count). The lowest BCUT2D eigenvalue weighted by Gasteiger charge is -2.17. The number of hydrogen-bond donors (Lipinski definition) is 0. The first-order valence-corrected chi connectivity index (χ1v) is 11.9. The van der Waals surface area contributed by atoms with Crippen LogP contribution in [0.5, 0.6) is 0 Å². The van der Waals surface area contributed by atoms with Gasteiger partial charge in [0.05, 0.1) is 17.8 Å². The summed E-state index contributed by atoms with van der Waals surface area (Å²) in [4.78, 5) is 33.7. The van der Waals surface area contributed by atoms with Gasteiger partial charge in [-0.15, -0.1) is 5.10 Å². The lowest BCUT2D eigenvalue weighted by Crippen LogP contribution is -2.32. The molecule has 3 aromatic carbocycles. The number of anilines is 1. The van der Waals surface area contributed by atoms with Crippen LogP contribution in [-0.4, -0.2) is 20.5 Å². The van der Waals surface area contributed by atoms with E-state index in [1.54, 1.807) is 11.0 Å². The van der Waals surface area contributed by atoms with Crippen molar-refractivity contribution in [2.45, 2.75) is 13.5 Å². The molecule has 0 bridgehead atoms. The lowest BCUT2D eigenvalue weighted by molar-refractivity contribution is -0.113. The van der Waals surface area contributed by atoms with Crippen molar-refractivity contribution < 1.29 is 4.79 Å². The van der Waals surface area contributed by atoms with Gasteiger partial charge in [0.2, 0.25) is 4.96 Å². The predicted octanol–water partition coefficient (Wildman–Crippen LogP) is 4.24. The van der Waals surface area contributed by atoms with Gasteiger partial charge in [-0.2, -0.15) is 9.50 Å². The van der Waals surface area contributed by atoms with E-state index in [0.29, 0.717) is 32.5 Å². The Hall–Kier alpha value is -3.81. The van der Waals surface area contributed by atoms with Crippen molar-refractivity contribution in [2.75, 3.05) is 4.90 Å². The van der Waals surface area contributed by atoms with Gasteiger partial charge in [-0.05, 0) is 30.7 Å². The monoisotopic (exact) mass is 484 g/mol. The number of rotatable bonds is 3. The van der Waals surface area contributed by atoms with Crippen molar-refractivity contribution in [2.24, 2.45) is 0 Å². The summed E-state index contributed by atoms with van der Waals surface area (Å²) in [5, 5.41) is 5.03. The highest BCUT2D eigenvalue weighted by Gasteiger charge is 2.34. The summed E-state index contributed by atoms with van der Waals surface area (Å²) in [6.45, 7) is 2.30. The normalized spacial score (nSPS) is 14.8. The number of thiazole rings is 1. The van der Waals surface area contributed by atoms with Crippen LogP contribution in [0.1, 0.15) is 16.7 Å². The largest absolute Gasteiger partial charge is 0.303 e. The summed E-state index contributed by atoms with van der Waals surface area (Å²) < 4.78 is 1.63. The molecule has 0 radical (unpaired) electrons. The van der Waals surface area contributed by atoms with Gasteiger partial charge in [-0.25, -0.2) is 0 Å². The molecule has 2 aromatic heterocycles. The number of carbonyl (C=O) groups is 1. The molecule has 0 atom stereocenters.